The van der Waals surface area contributed by atoms with Crippen LogP contribution in [0, 0.1) is 0 Å². The Kier molecular flexibility index (Phi) is 4.23. The van der Waals surface area contributed by atoms with Gasteiger partial charge in [-0.05, 0) is 36.4 Å². The standard InChI is InChI=1S/C16H12BN4.Ir/c1-2-8-14-13(7-1)20(15-9-3-5-11-18-15)17-21(14)16-10-4-6-12-19-16;/h1-12H;. The summed E-state index contributed by atoms with van der Waals surface area (Å²) >= 11 is 0. The minimum Gasteiger partial charge on any atom is -0.351 e. The fourth-order valence-corrected chi connectivity index (χ4v) is 2.47. The number of hydrogen-bond donors (Lipinski definition) is 0. The van der Waals surface area contributed by atoms with Gasteiger partial charge in [-0.2, -0.15) is 0 Å². The number of anilines is 4. The van der Waals surface area contributed by atoms with Crippen LogP contribution in [0.5, 0.6) is 0 Å². The SMILES string of the molecule is [B]1N(c2ccccn2)c2ccccc2N1c1ccccn1.[Ir]. The summed E-state index contributed by atoms with van der Waals surface area (Å²) in [5.41, 5.74) is 2.20. The molecule has 0 aliphatic carbocycles. The van der Waals surface area contributed by atoms with Crippen molar-refractivity contribution in [3.63, 3.8) is 0 Å². The zero-order valence-corrected chi connectivity index (χ0v) is 14.0. The van der Waals surface area contributed by atoms with Gasteiger partial charge in [0.15, 0.2) is 0 Å². The molecular formula is C16H12BIrN4. The summed E-state index contributed by atoms with van der Waals surface area (Å²) in [6, 6.07) is 20.0. The van der Waals surface area contributed by atoms with Crippen molar-refractivity contribution in [1.29, 1.82) is 0 Å². The molecule has 1 aromatic carbocycles. The third kappa shape index (κ3) is 2.51. The Morgan fingerprint density at radius 1 is 0.636 bits per heavy atom. The Hall–Kier alpha value is -2.17. The van der Waals surface area contributed by atoms with Crippen molar-refractivity contribution >= 4 is 30.6 Å². The van der Waals surface area contributed by atoms with E-state index in [1.807, 2.05) is 56.1 Å². The van der Waals surface area contributed by atoms with Crippen molar-refractivity contribution in [3.8, 4) is 0 Å². The van der Waals surface area contributed by atoms with E-state index in [-0.39, 0.29) is 20.1 Å². The van der Waals surface area contributed by atoms with E-state index in [1.54, 1.807) is 12.4 Å². The Bertz CT molecular complexity index is 690. The molecule has 3 aromatic rings. The molecule has 4 rings (SSSR count). The third-order valence-corrected chi connectivity index (χ3v) is 3.42. The monoisotopic (exact) mass is 464 g/mol. The molecule has 0 saturated heterocycles. The second-order valence-corrected chi connectivity index (χ2v) is 4.72. The molecule has 0 fully saturated rings. The van der Waals surface area contributed by atoms with E-state index >= 15 is 0 Å². The summed E-state index contributed by atoms with van der Waals surface area (Å²) in [5.74, 6) is 1.78. The Morgan fingerprint density at radius 3 is 1.50 bits per heavy atom. The molecule has 0 spiro atoms. The number of rotatable bonds is 2. The molecule has 0 bridgehead atoms. The van der Waals surface area contributed by atoms with Crippen LogP contribution in [0.4, 0.5) is 23.0 Å². The predicted octanol–water partition coefficient (Wildman–Crippen LogP) is 3.30. The van der Waals surface area contributed by atoms with Gasteiger partial charge in [-0.1, -0.05) is 24.3 Å². The van der Waals surface area contributed by atoms with Crippen molar-refractivity contribution in [3.05, 3.63) is 73.1 Å². The summed E-state index contributed by atoms with van der Waals surface area (Å²) in [7, 11) is 2.02. The summed E-state index contributed by atoms with van der Waals surface area (Å²) in [4.78, 5) is 13.0. The fourth-order valence-electron chi connectivity index (χ4n) is 2.47. The summed E-state index contributed by atoms with van der Waals surface area (Å²) in [6.07, 6.45) is 3.60. The van der Waals surface area contributed by atoms with E-state index in [1.165, 1.54) is 0 Å². The predicted molar refractivity (Wildman–Crippen MR) is 84.9 cm³/mol. The van der Waals surface area contributed by atoms with Crippen LogP contribution in [0.3, 0.4) is 0 Å². The van der Waals surface area contributed by atoms with Crippen LogP contribution < -0.4 is 9.62 Å². The van der Waals surface area contributed by atoms with Crippen LogP contribution in [-0.2, 0) is 20.1 Å². The van der Waals surface area contributed by atoms with Crippen LogP contribution in [0.2, 0.25) is 0 Å². The summed E-state index contributed by atoms with van der Waals surface area (Å²) in [6.45, 7) is 0. The molecule has 2 aromatic heterocycles. The van der Waals surface area contributed by atoms with Crippen molar-refractivity contribution in [2.45, 2.75) is 0 Å². The van der Waals surface area contributed by atoms with E-state index in [4.69, 9.17) is 0 Å². The van der Waals surface area contributed by atoms with Crippen molar-refractivity contribution in [1.82, 2.24) is 9.97 Å². The second kappa shape index (κ2) is 6.30. The van der Waals surface area contributed by atoms with Gasteiger partial charge in [-0.15, -0.1) is 0 Å². The first-order valence-electron chi connectivity index (χ1n) is 6.78. The van der Waals surface area contributed by atoms with E-state index in [0.29, 0.717) is 0 Å². The number of benzene rings is 1. The molecule has 1 aliphatic rings. The number of aromatic nitrogens is 2. The maximum atomic E-state index is 4.44. The van der Waals surface area contributed by atoms with Crippen molar-refractivity contribution in [2.24, 2.45) is 0 Å². The third-order valence-electron chi connectivity index (χ3n) is 3.42. The molecular weight excluding hydrogens is 451 g/mol. The Balaban J connectivity index is 0.00000144. The molecule has 0 N–H and O–H groups in total. The number of hydrogen-bond acceptors (Lipinski definition) is 4. The largest absolute Gasteiger partial charge is 0.403 e. The zero-order valence-electron chi connectivity index (χ0n) is 11.6. The Labute approximate surface area is 143 Å². The van der Waals surface area contributed by atoms with Gasteiger partial charge in [0.2, 0.25) is 0 Å². The Morgan fingerprint density at radius 2 is 1.09 bits per heavy atom. The first-order valence-corrected chi connectivity index (χ1v) is 6.78. The summed E-state index contributed by atoms with van der Waals surface area (Å²) < 4.78 is 0. The molecule has 0 atom stereocenters. The number of fused-ring (bicyclic) bond motifs is 1. The van der Waals surface area contributed by atoms with Crippen LogP contribution in [0.1, 0.15) is 0 Å². The van der Waals surface area contributed by atoms with Gasteiger partial charge in [0, 0.05) is 32.5 Å². The van der Waals surface area contributed by atoms with Gasteiger partial charge in [-0.3, -0.25) is 0 Å². The van der Waals surface area contributed by atoms with E-state index < -0.39 is 0 Å². The van der Waals surface area contributed by atoms with Gasteiger partial charge in [0.1, 0.15) is 11.6 Å². The molecule has 0 unspecified atom stereocenters. The number of para-hydroxylation sites is 2. The molecule has 0 amide bonds. The van der Waals surface area contributed by atoms with Gasteiger partial charge in [-0.25, -0.2) is 9.97 Å². The van der Waals surface area contributed by atoms with E-state index in [2.05, 4.69) is 31.7 Å². The summed E-state index contributed by atoms with van der Waals surface area (Å²) in [5, 5.41) is 0. The minimum absolute atomic E-state index is 0. The van der Waals surface area contributed by atoms with Gasteiger partial charge < -0.3 is 9.62 Å². The molecule has 22 heavy (non-hydrogen) atoms. The number of nitrogens with zero attached hydrogens (tertiary/aromatic N) is 4. The van der Waals surface area contributed by atoms with Crippen LogP contribution in [0.15, 0.2) is 73.1 Å². The normalized spacial score (nSPS) is 12.4. The molecule has 1 aliphatic heterocycles. The maximum Gasteiger partial charge on any atom is 0.403 e. The van der Waals surface area contributed by atoms with Crippen LogP contribution in [0.25, 0.3) is 0 Å². The number of pyridine rings is 2. The fraction of sp³-hybridized carbons (Fsp3) is 0. The quantitative estimate of drug-likeness (QED) is 0.547. The van der Waals surface area contributed by atoms with E-state index in [9.17, 15) is 0 Å². The van der Waals surface area contributed by atoms with Gasteiger partial charge in [0.05, 0.1) is 11.4 Å². The molecule has 3 heterocycles. The topological polar surface area (TPSA) is 32.3 Å². The molecule has 4 nitrogen and oxygen atoms in total. The molecule has 108 valence electrons. The smallest absolute Gasteiger partial charge is 0.351 e. The minimum atomic E-state index is 0. The van der Waals surface area contributed by atoms with Crippen LogP contribution in [-0.4, -0.2) is 17.5 Å². The van der Waals surface area contributed by atoms with Crippen LogP contribution >= 0.6 is 0 Å². The van der Waals surface area contributed by atoms with Gasteiger partial charge in [0.25, 0.3) is 0 Å². The van der Waals surface area contributed by atoms with Crippen molar-refractivity contribution in [2.75, 3.05) is 9.62 Å². The maximum absolute atomic E-state index is 4.44. The molecule has 6 heteroatoms. The average Bonchev–Trinajstić information content (AvgIpc) is 2.96. The first-order chi connectivity index (χ1) is 10.4. The first kappa shape index (κ1) is 14.8. The second-order valence-electron chi connectivity index (χ2n) is 4.72. The zero-order chi connectivity index (χ0) is 14.1. The molecule has 2 radical (unpaired) electrons. The average molecular weight is 463 g/mol. The van der Waals surface area contributed by atoms with Crippen molar-refractivity contribution < 1.29 is 20.1 Å². The molecule has 0 saturated carbocycles. The van der Waals surface area contributed by atoms with Gasteiger partial charge >= 0.3 is 7.55 Å². The van der Waals surface area contributed by atoms with E-state index in [0.717, 1.165) is 23.0 Å².